The third kappa shape index (κ3) is 7.65. The van der Waals surface area contributed by atoms with Crippen molar-refractivity contribution < 1.29 is 9.53 Å². The van der Waals surface area contributed by atoms with Crippen LogP contribution in [0.4, 0.5) is 0 Å². The average Bonchev–Trinajstić information content (AvgIpc) is 3.07. The summed E-state index contributed by atoms with van der Waals surface area (Å²) in [6.45, 7) is 2.44. The summed E-state index contributed by atoms with van der Waals surface area (Å²) in [5.74, 6) is 0.167. The van der Waals surface area contributed by atoms with Gasteiger partial charge in [0.25, 0.3) is 0 Å². The maximum atomic E-state index is 11.4. The van der Waals surface area contributed by atoms with E-state index in [1.54, 1.807) is 7.11 Å². The fourth-order valence-corrected chi connectivity index (χ4v) is 1.54. The molecule has 0 heterocycles. The minimum absolute atomic E-state index is 0.167. The van der Waals surface area contributed by atoms with Gasteiger partial charge in [-0.1, -0.05) is 0 Å². The van der Waals surface area contributed by atoms with Crippen molar-refractivity contribution in [2.45, 2.75) is 44.6 Å². The van der Waals surface area contributed by atoms with Gasteiger partial charge in [-0.25, -0.2) is 0 Å². The third-order valence-corrected chi connectivity index (χ3v) is 2.71. The Bertz CT molecular complexity index is 193. The fraction of sp³-hybridized carbons (Fsp3) is 0.917. The lowest BCUT2D eigenvalue weighted by atomic mass is 10.2. The molecular weight excluding hydrogens is 204 g/mol. The van der Waals surface area contributed by atoms with Gasteiger partial charge in [0, 0.05) is 39.3 Å². The lowest BCUT2D eigenvalue weighted by Gasteiger charge is -2.05. The van der Waals surface area contributed by atoms with E-state index in [1.165, 1.54) is 12.8 Å². The molecule has 0 aromatic rings. The average molecular weight is 228 g/mol. The van der Waals surface area contributed by atoms with Crippen LogP contribution in [-0.4, -0.2) is 38.8 Å². The van der Waals surface area contributed by atoms with Gasteiger partial charge in [-0.15, -0.1) is 0 Å². The maximum absolute atomic E-state index is 11.4. The Balaban J connectivity index is 1.78. The Kier molecular flexibility index (Phi) is 7.17. The Labute approximate surface area is 98.1 Å². The summed E-state index contributed by atoms with van der Waals surface area (Å²) in [5, 5.41) is 6.26. The first-order valence-electron chi connectivity index (χ1n) is 6.32. The number of ether oxygens (including phenoxy) is 1. The smallest absolute Gasteiger partial charge is 0.221 e. The van der Waals surface area contributed by atoms with Gasteiger partial charge >= 0.3 is 0 Å². The normalized spacial score (nSPS) is 15.1. The van der Waals surface area contributed by atoms with E-state index in [0.29, 0.717) is 12.5 Å². The molecule has 4 heteroatoms. The monoisotopic (exact) mass is 228 g/mol. The van der Waals surface area contributed by atoms with E-state index >= 15 is 0 Å². The van der Waals surface area contributed by atoms with Gasteiger partial charge in [0.05, 0.1) is 0 Å². The summed E-state index contributed by atoms with van der Waals surface area (Å²) in [4.78, 5) is 11.4. The molecule has 4 nitrogen and oxygen atoms in total. The quantitative estimate of drug-likeness (QED) is 0.550. The minimum atomic E-state index is 0.167. The Hall–Kier alpha value is -0.610. The van der Waals surface area contributed by atoms with E-state index in [0.717, 1.165) is 39.0 Å². The highest BCUT2D eigenvalue weighted by molar-refractivity contribution is 5.75. The zero-order valence-electron chi connectivity index (χ0n) is 10.3. The minimum Gasteiger partial charge on any atom is -0.385 e. The van der Waals surface area contributed by atoms with Crippen LogP contribution in [0.15, 0.2) is 0 Å². The highest BCUT2D eigenvalue weighted by atomic mass is 16.5. The van der Waals surface area contributed by atoms with Crippen LogP contribution >= 0.6 is 0 Å². The number of hydrogen-bond acceptors (Lipinski definition) is 3. The summed E-state index contributed by atoms with van der Waals surface area (Å²) in [7, 11) is 1.72. The van der Waals surface area contributed by atoms with E-state index in [9.17, 15) is 4.79 Å². The Morgan fingerprint density at radius 3 is 2.75 bits per heavy atom. The van der Waals surface area contributed by atoms with Crippen LogP contribution in [0.5, 0.6) is 0 Å². The first-order chi connectivity index (χ1) is 7.83. The largest absolute Gasteiger partial charge is 0.385 e. The summed E-state index contributed by atoms with van der Waals surface area (Å²) < 4.78 is 4.96. The SMILES string of the molecule is COCCCCCNC(=O)CCNC1CC1. The van der Waals surface area contributed by atoms with E-state index in [4.69, 9.17) is 4.74 Å². The molecule has 0 aliphatic heterocycles. The number of rotatable bonds is 10. The standard InChI is InChI=1S/C12H24N2O2/c1-16-10-4-2-3-8-14-12(15)7-9-13-11-5-6-11/h11,13H,2-10H2,1H3,(H,14,15). The van der Waals surface area contributed by atoms with Gasteiger partial charge in [0.2, 0.25) is 5.91 Å². The van der Waals surface area contributed by atoms with Gasteiger partial charge < -0.3 is 15.4 Å². The van der Waals surface area contributed by atoms with Crippen LogP contribution in [0.1, 0.15) is 38.5 Å². The van der Waals surface area contributed by atoms with Crippen molar-refractivity contribution in [1.29, 1.82) is 0 Å². The van der Waals surface area contributed by atoms with Crippen molar-refractivity contribution in [1.82, 2.24) is 10.6 Å². The van der Waals surface area contributed by atoms with Crippen molar-refractivity contribution in [3.8, 4) is 0 Å². The second kappa shape index (κ2) is 8.53. The summed E-state index contributed by atoms with van der Waals surface area (Å²) in [6, 6.07) is 0.696. The molecule has 1 aliphatic carbocycles. The number of methoxy groups -OCH3 is 1. The Morgan fingerprint density at radius 2 is 2.06 bits per heavy atom. The summed E-state index contributed by atoms with van der Waals surface area (Å²) >= 11 is 0. The highest BCUT2D eigenvalue weighted by Crippen LogP contribution is 2.18. The van der Waals surface area contributed by atoms with E-state index in [2.05, 4.69) is 10.6 Å². The van der Waals surface area contributed by atoms with Gasteiger partial charge in [0.15, 0.2) is 0 Å². The van der Waals surface area contributed by atoms with Crippen molar-refractivity contribution in [3.05, 3.63) is 0 Å². The predicted molar refractivity (Wildman–Crippen MR) is 64.4 cm³/mol. The van der Waals surface area contributed by atoms with E-state index in [-0.39, 0.29) is 5.91 Å². The molecule has 2 N–H and O–H groups in total. The first kappa shape index (κ1) is 13.5. The number of nitrogens with one attached hydrogen (secondary N) is 2. The van der Waals surface area contributed by atoms with Crippen LogP contribution < -0.4 is 10.6 Å². The number of amides is 1. The highest BCUT2D eigenvalue weighted by Gasteiger charge is 2.19. The molecule has 16 heavy (non-hydrogen) atoms. The summed E-state index contributed by atoms with van der Waals surface area (Å²) in [5.41, 5.74) is 0. The molecule has 94 valence electrons. The molecule has 0 radical (unpaired) electrons. The number of carbonyl (C=O) groups is 1. The van der Waals surface area contributed by atoms with Crippen molar-refractivity contribution in [2.75, 3.05) is 26.8 Å². The topological polar surface area (TPSA) is 50.4 Å². The lowest BCUT2D eigenvalue weighted by Crippen LogP contribution is -2.29. The van der Waals surface area contributed by atoms with E-state index < -0.39 is 0 Å². The molecule has 0 aromatic heterocycles. The second-order valence-electron chi connectivity index (χ2n) is 4.38. The molecule has 1 aliphatic rings. The molecule has 1 saturated carbocycles. The molecular formula is C12H24N2O2. The number of carbonyl (C=O) groups excluding carboxylic acids is 1. The van der Waals surface area contributed by atoms with Gasteiger partial charge in [-0.3, -0.25) is 4.79 Å². The van der Waals surface area contributed by atoms with Gasteiger partial charge in [-0.2, -0.15) is 0 Å². The molecule has 0 saturated heterocycles. The second-order valence-corrected chi connectivity index (χ2v) is 4.38. The predicted octanol–water partition coefficient (Wildman–Crippen LogP) is 1.06. The van der Waals surface area contributed by atoms with Crippen molar-refractivity contribution in [2.24, 2.45) is 0 Å². The lowest BCUT2D eigenvalue weighted by molar-refractivity contribution is -0.121. The third-order valence-electron chi connectivity index (χ3n) is 2.71. The zero-order valence-corrected chi connectivity index (χ0v) is 10.3. The van der Waals surface area contributed by atoms with Gasteiger partial charge in [-0.05, 0) is 32.1 Å². The molecule has 1 amide bonds. The zero-order chi connectivity index (χ0) is 11.6. The molecule has 0 aromatic carbocycles. The molecule has 1 fully saturated rings. The van der Waals surface area contributed by atoms with Crippen molar-refractivity contribution in [3.63, 3.8) is 0 Å². The molecule has 0 unspecified atom stereocenters. The van der Waals surface area contributed by atoms with Crippen LogP contribution in [0, 0.1) is 0 Å². The molecule has 0 bridgehead atoms. The van der Waals surface area contributed by atoms with Crippen LogP contribution in [-0.2, 0) is 9.53 Å². The molecule has 1 rings (SSSR count). The van der Waals surface area contributed by atoms with Gasteiger partial charge in [0.1, 0.15) is 0 Å². The van der Waals surface area contributed by atoms with Crippen LogP contribution in [0.3, 0.4) is 0 Å². The summed E-state index contributed by atoms with van der Waals surface area (Å²) in [6.07, 6.45) is 6.41. The van der Waals surface area contributed by atoms with E-state index in [1.807, 2.05) is 0 Å². The fourth-order valence-electron chi connectivity index (χ4n) is 1.54. The first-order valence-corrected chi connectivity index (χ1v) is 6.32. The van der Waals surface area contributed by atoms with Crippen LogP contribution in [0.25, 0.3) is 0 Å². The number of hydrogen-bond donors (Lipinski definition) is 2. The van der Waals surface area contributed by atoms with Crippen LogP contribution in [0.2, 0.25) is 0 Å². The maximum Gasteiger partial charge on any atom is 0.221 e. The molecule has 0 spiro atoms. The number of unbranched alkanes of at least 4 members (excludes halogenated alkanes) is 2. The Morgan fingerprint density at radius 1 is 1.25 bits per heavy atom. The molecule has 0 atom stereocenters. The van der Waals surface area contributed by atoms with Crippen molar-refractivity contribution >= 4 is 5.91 Å².